The van der Waals surface area contributed by atoms with Crippen LogP contribution in [0.3, 0.4) is 0 Å². The molecule has 0 fully saturated rings. The van der Waals surface area contributed by atoms with E-state index in [1.54, 1.807) is 23.7 Å². The van der Waals surface area contributed by atoms with E-state index in [2.05, 4.69) is 58.6 Å². The van der Waals surface area contributed by atoms with E-state index in [0.717, 1.165) is 14.8 Å². The summed E-state index contributed by atoms with van der Waals surface area (Å²) in [7, 11) is 0. The monoisotopic (exact) mass is 347 g/mol. The Morgan fingerprint density at radius 1 is 1.27 bits per heavy atom. The van der Waals surface area contributed by atoms with E-state index in [9.17, 15) is 0 Å². The number of nitrogens with one attached hydrogen (secondary N) is 1. The van der Waals surface area contributed by atoms with Gasteiger partial charge < -0.3 is 5.32 Å². The van der Waals surface area contributed by atoms with Gasteiger partial charge in [-0.1, -0.05) is 0 Å². The predicted molar refractivity (Wildman–Crippen MR) is 69.1 cm³/mol. The molecule has 0 atom stereocenters. The van der Waals surface area contributed by atoms with Crippen molar-refractivity contribution in [2.75, 3.05) is 5.32 Å². The molecule has 1 N–H and O–H groups in total. The standard InChI is InChI=1S/C9H7Br2N3S/c10-7-3-13-9(14-4-7)12-2-6-1-8(11)15-5-6/h1,3-5H,2H2,(H,12,13,14). The molecule has 0 amide bonds. The highest BCUT2D eigenvalue weighted by molar-refractivity contribution is 9.11. The van der Waals surface area contributed by atoms with Gasteiger partial charge in [-0.05, 0) is 48.9 Å². The van der Waals surface area contributed by atoms with Gasteiger partial charge in [-0.3, -0.25) is 0 Å². The summed E-state index contributed by atoms with van der Waals surface area (Å²) in [5, 5.41) is 5.24. The van der Waals surface area contributed by atoms with Crippen LogP contribution in [-0.4, -0.2) is 9.97 Å². The first-order chi connectivity index (χ1) is 7.24. The number of hydrogen-bond donors (Lipinski definition) is 1. The summed E-state index contributed by atoms with van der Waals surface area (Å²) < 4.78 is 2.02. The average molecular weight is 349 g/mol. The first-order valence-corrected chi connectivity index (χ1v) is 6.65. The number of anilines is 1. The van der Waals surface area contributed by atoms with Crippen molar-refractivity contribution >= 4 is 49.1 Å². The minimum absolute atomic E-state index is 0.639. The van der Waals surface area contributed by atoms with Crippen molar-refractivity contribution < 1.29 is 0 Å². The Morgan fingerprint density at radius 2 is 2.00 bits per heavy atom. The van der Waals surface area contributed by atoms with Crippen LogP contribution in [0.4, 0.5) is 5.95 Å². The zero-order valence-corrected chi connectivity index (χ0v) is 11.6. The summed E-state index contributed by atoms with van der Waals surface area (Å²) in [6.07, 6.45) is 3.44. The molecular formula is C9H7Br2N3S. The molecule has 2 aromatic rings. The summed E-state index contributed by atoms with van der Waals surface area (Å²) in [5.41, 5.74) is 1.22. The lowest BCUT2D eigenvalue weighted by Gasteiger charge is -2.01. The molecule has 2 heterocycles. The van der Waals surface area contributed by atoms with Crippen LogP contribution >= 0.6 is 43.2 Å². The quantitative estimate of drug-likeness (QED) is 0.919. The van der Waals surface area contributed by atoms with Gasteiger partial charge in [0.2, 0.25) is 5.95 Å². The van der Waals surface area contributed by atoms with Gasteiger partial charge in [0, 0.05) is 18.9 Å². The molecule has 0 bridgehead atoms. The largest absolute Gasteiger partial charge is 0.350 e. The molecule has 0 radical (unpaired) electrons. The Labute approximate surface area is 108 Å². The SMILES string of the molecule is Brc1cnc(NCc2csc(Br)c2)nc1. The van der Waals surface area contributed by atoms with E-state index in [0.29, 0.717) is 5.95 Å². The maximum Gasteiger partial charge on any atom is 0.222 e. The van der Waals surface area contributed by atoms with Crippen LogP contribution in [0.1, 0.15) is 5.56 Å². The molecule has 0 aliphatic heterocycles. The minimum Gasteiger partial charge on any atom is -0.350 e. The Morgan fingerprint density at radius 3 is 2.60 bits per heavy atom. The third-order valence-corrected chi connectivity index (χ3v) is 3.66. The van der Waals surface area contributed by atoms with Crippen LogP contribution in [0, 0.1) is 0 Å². The molecule has 0 aliphatic carbocycles. The highest BCUT2D eigenvalue weighted by Crippen LogP contribution is 2.21. The summed E-state index contributed by atoms with van der Waals surface area (Å²) >= 11 is 8.38. The fourth-order valence-corrected chi connectivity index (χ4v) is 2.44. The average Bonchev–Trinajstić information content (AvgIpc) is 2.64. The topological polar surface area (TPSA) is 37.8 Å². The Balaban J connectivity index is 1.96. The van der Waals surface area contributed by atoms with E-state index >= 15 is 0 Å². The van der Waals surface area contributed by atoms with Gasteiger partial charge in [-0.15, -0.1) is 11.3 Å². The van der Waals surface area contributed by atoms with Gasteiger partial charge >= 0.3 is 0 Å². The number of rotatable bonds is 3. The molecule has 2 aromatic heterocycles. The van der Waals surface area contributed by atoms with E-state index in [-0.39, 0.29) is 0 Å². The van der Waals surface area contributed by atoms with Gasteiger partial charge in [0.05, 0.1) is 8.26 Å². The highest BCUT2D eigenvalue weighted by Gasteiger charge is 1.98. The number of aromatic nitrogens is 2. The second-order valence-electron chi connectivity index (χ2n) is 2.84. The van der Waals surface area contributed by atoms with Crippen LogP contribution in [0.15, 0.2) is 32.1 Å². The fraction of sp³-hybridized carbons (Fsp3) is 0.111. The predicted octanol–water partition coefficient (Wildman–Crippen LogP) is 3.68. The zero-order valence-electron chi connectivity index (χ0n) is 7.58. The van der Waals surface area contributed by atoms with Crippen LogP contribution in [0.5, 0.6) is 0 Å². The van der Waals surface area contributed by atoms with Crippen molar-refractivity contribution in [1.82, 2.24) is 9.97 Å². The normalized spacial score (nSPS) is 10.3. The number of nitrogens with zero attached hydrogens (tertiary/aromatic N) is 2. The lowest BCUT2D eigenvalue weighted by Crippen LogP contribution is -2.01. The molecular weight excluding hydrogens is 342 g/mol. The number of thiophene rings is 1. The fourth-order valence-electron chi connectivity index (χ4n) is 1.02. The van der Waals surface area contributed by atoms with Crippen molar-refractivity contribution in [2.24, 2.45) is 0 Å². The van der Waals surface area contributed by atoms with Gasteiger partial charge in [-0.2, -0.15) is 0 Å². The Hall–Kier alpha value is -0.460. The molecule has 0 spiro atoms. The zero-order chi connectivity index (χ0) is 10.7. The summed E-state index contributed by atoms with van der Waals surface area (Å²) in [4.78, 5) is 8.25. The van der Waals surface area contributed by atoms with Crippen LogP contribution in [0.25, 0.3) is 0 Å². The van der Waals surface area contributed by atoms with Crippen molar-refractivity contribution in [3.05, 3.63) is 37.7 Å². The van der Waals surface area contributed by atoms with Gasteiger partial charge in [-0.25, -0.2) is 9.97 Å². The molecule has 2 rings (SSSR count). The number of halogens is 2. The van der Waals surface area contributed by atoms with Crippen molar-refractivity contribution in [1.29, 1.82) is 0 Å². The maximum absolute atomic E-state index is 4.12. The second-order valence-corrected chi connectivity index (χ2v) is 6.04. The molecule has 0 saturated carbocycles. The van der Waals surface area contributed by atoms with Crippen LogP contribution in [0.2, 0.25) is 0 Å². The van der Waals surface area contributed by atoms with E-state index in [1.807, 2.05) is 0 Å². The lowest BCUT2D eigenvalue weighted by molar-refractivity contribution is 1.05. The molecule has 0 saturated heterocycles. The third kappa shape index (κ3) is 3.25. The summed E-state index contributed by atoms with van der Waals surface area (Å²) in [6, 6.07) is 2.08. The van der Waals surface area contributed by atoms with Crippen molar-refractivity contribution in [3.63, 3.8) is 0 Å². The Bertz CT molecular complexity index is 441. The Kier molecular flexibility index (Phi) is 3.71. The van der Waals surface area contributed by atoms with Crippen molar-refractivity contribution in [3.8, 4) is 0 Å². The smallest absolute Gasteiger partial charge is 0.222 e. The molecule has 3 nitrogen and oxygen atoms in total. The van der Waals surface area contributed by atoms with E-state index in [1.165, 1.54) is 5.56 Å². The summed E-state index contributed by atoms with van der Waals surface area (Å²) in [5.74, 6) is 0.639. The van der Waals surface area contributed by atoms with E-state index < -0.39 is 0 Å². The first-order valence-electron chi connectivity index (χ1n) is 4.18. The lowest BCUT2D eigenvalue weighted by atomic mass is 10.3. The number of hydrogen-bond acceptors (Lipinski definition) is 4. The van der Waals surface area contributed by atoms with Gasteiger partial charge in [0.1, 0.15) is 0 Å². The maximum atomic E-state index is 4.12. The van der Waals surface area contributed by atoms with Crippen LogP contribution < -0.4 is 5.32 Å². The minimum atomic E-state index is 0.639. The third-order valence-electron chi connectivity index (χ3n) is 1.69. The summed E-state index contributed by atoms with van der Waals surface area (Å²) in [6.45, 7) is 0.740. The molecule has 0 unspecified atom stereocenters. The molecule has 0 aliphatic rings. The molecule has 78 valence electrons. The molecule has 6 heteroatoms. The molecule has 15 heavy (non-hydrogen) atoms. The van der Waals surface area contributed by atoms with Crippen LogP contribution in [-0.2, 0) is 6.54 Å². The molecule has 0 aromatic carbocycles. The highest BCUT2D eigenvalue weighted by atomic mass is 79.9. The van der Waals surface area contributed by atoms with Gasteiger partial charge in [0.25, 0.3) is 0 Å². The second kappa shape index (κ2) is 5.05. The van der Waals surface area contributed by atoms with Crippen molar-refractivity contribution in [2.45, 2.75) is 6.54 Å². The van der Waals surface area contributed by atoms with E-state index in [4.69, 9.17) is 0 Å². The first kappa shape index (κ1) is 11.0. The van der Waals surface area contributed by atoms with Gasteiger partial charge in [0.15, 0.2) is 0 Å².